The molecule has 2 aliphatic rings. The molecule has 0 unspecified atom stereocenters. The van der Waals surface area contributed by atoms with Gasteiger partial charge in [-0.15, -0.1) is 0 Å². The summed E-state index contributed by atoms with van der Waals surface area (Å²) in [5.41, 5.74) is 1.08. The Kier molecular flexibility index (Phi) is 3.28. The number of carbonyl (C=O) groups excluding carboxylic acids is 1. The Bertz CT molecular complexity index is 473. The summed E-state index contributed by atoms with van der Waals surface area (Å²) in [5, 5.41) is 0. The molecule has 3 rings (SSSR count). The fraction of sp³-hybridized carbons (Fsp3) is 0.692. The van der Waals surface area contributed by atoms with Gasteiger partial charge in [0.2, 0.25) is 5.91 Å². The maximum atomic E-state index is 11.7. The largest absolute Gasteiger partial charge is 0.366 e. The molecule has 2 fully saturated rings. The lowest BCUT2D eigenvalue weighted by atomic mass is 9.99. The lowest BCUT2D eigenvalue weighted by Gasteiger charge is -2.45. The normalized spacial score (nSPS) is 28.5. The van der Waals surface area contributed by atoms with Crippen LogP contribution in [-0.2, 0) is 23.1 Å². The van der Waals surface area contributed by atoms with Crippen molar-refractivity contribution in [1.82, 2.24) is 19.4 Å². The zero-order chi connectivity index (χ0) is 13.4. The first kappa shape index (κ1) is 12.6. The maximum absolute atomic E-state index is 11.7. The Morgan fingerprint density at radius 2 is 2.32 bits per heavy atom. The molecule has 2 saturated heterocycles. The number of ether oxygens (including phenoxy) is 1. The van der Waals surface area contributed by atoms with E-state index in [2.05, 4.69) is 9.88 Å². The number of nitrogens with zero attached hydrogens (tertiary/aromatic N) is 4. The lowest BCUT2D eigenvalue weighted by Crippen LogP contribution is -2.60. The molecule has 1 aromatic rings. The summed E-state index contributed by atoms with van der Waals surface area (Å²) in [6.45, 7) is 2.94. The predicted octanol–water partition coefficient (Wildman–Crippen LogP) is -0.148. The minimum atomic E-state index is 0.0842. The molecule has 2 aliphatic heterocycles. The first-order valence-corrected chi connectivity index (χ1v) is 6.70. The van der Waals surface area contributed by atoms with Gasteiger partial charge >= 0.3 is 0 Å². The Morgan fingerprint density at radius 1 is 1.47 bits per heavy atom. The van der Waals surface area contributed by atoms with Crippen molar-refractivity contribution in [2.45, 2.75) is 25.1 Å². The highest BCUT2D eigenvalue weighted by molar-refractivity contribution is 5.78. The number of hydrogen-bond donors (Lipinski definition) is 0. The van der Waals surface area contributed by atoms with E-state index in [0.29, 0.717) is 0 Å². The van der Waals surface area contributed by atoms with E-state index >= 15 is 0 Å². The number of fused-ring (bicyclic) bond motifs is 1. The fourth-order valence-electron chi connectivity index (χ4n) is 2.93. The number of aryl methyl sites for hydroxylation is 1. The van der Waals surface area contributed by atoms with Crippen molar-refractivity contribution in [3.05, 3.63) is 18.2 Å². The van der Waals surface area contributed by atoms with E-state index in [9.17, 15) is 4.79 Å². The van der Waals surface area contributed by atoms with Crippen LogP contribution < -0.4 is 0 Å². The molecule has 0 bridgehead atoms. The van der Waals surface area contributed by atoms with Crippen LogP contribution in [0.15, 0.2) is 12.5 Å². The Balaban J connectivity index is 1.65. The van der Waals surface area contributed by atoms with Crippen molar-refractivity contribution in [1.29, 1.82) is 0 Å². The average molecular weight is 264 g/mol. The third-order valence-corrected chi connectivity index (χ3v) is 4.06. The van der Waals surface area contributed by atoms with Crippen LogP contribution in [-0.4, -0.2) is 64.1 Å². The lowest BCUT2D eigenvalue weighted by molar-refractivity contribution is -0.160. The number of morpholine rings is 1. The topological polar surface area (TPSA) is 50.6 Å². The average Bonchev–Trinajstić information content (AvgIpc) is 2.80. The Hall–Kier alpha value is -1.40. The highest BCUT2D eigenvalue weighted by Crippen LogP contribution is 2.23. The van der Waals surface area contributed by atoms with Crippen LogP contribution in [0.25, 0.3) is 0 Å². The molecule has 6 heteroatoms. The van der Waals surface area contributed by atoms with Gasteiger partial charge < -0.3 is 14.2 Å². The predicted molar refractivity (Wildman–Crippen MR) is 69.4 cm³/mol. The highest BCUT2D eigenvalue weighted by Gasteiger charge is 2.38. The number of carbonyl (C=O) groups is 1. The molecule has 1 amide bonds. The van der Waals surface area contributed by atoms with Gasteiger partial charge in [0, 0.05) is 39.9 Å². The molecule has 1 aromatic heterocycles. The minimum absolute atomic E-state index is 0.0842. The van der Waals surface area contributed by atoms with Crippen molar-refractivity contribution >= 4 is 5.91 Å². The number of rotatable bonds is 2. The van der Waals surface area contributed by atoms with Crippen molar-refractivity contribution in [3.8, 4) is 0 Å². The summed E-state index contributed by atoms with van der Waals surface area (Å²) in [7, 11) is 3.86. The van der Waals surface area contributed by atoms with Crippen LogP contribution in [0.4, 0.5) is 0 Å². The third-order valence-electron chi connectivity index (χ3n) is 4.06. The van der Waals surface area contributed by atoms with Gasteiger partial charge in [-0.05, 0) is 6.42 Å². The number of likely N-dealkylation sites (tertiary alicyclic amines) is 1. The molecule has 104 valence electrons. The Morgan fingerprint density at radius 3 is 3.05 bits per heavy atom. The zero-order valence-corrected chi connectivity index (χ0v) is 11.5. The number of hydrogen-bond acceptors (Lipinski definition) is 4. The van der Waals surface area contributed by atoms with E-state index in [1.54, 1.807) is 0 Å². The van der Waals surface area contributed by atoms with Crippen LogP contribution in [0.5, 0.6) is 0 Å². The number of amides is 1. The fourth-order valence-corrected chi connectivity index (χ4v) is 2.93. The van der Waals surface area contributed by atoms with Crippen molar-refractivity contribution in [2.75, 3.05) is 26.7 Å². The molecule has 3 heterocycles. The highest BCUT2D eigenvalue weighted by atomic mass is 16.5. The van der Waals surface area contributed by atoms with Gasteiger partial charge in [0.15, 0.2) is 0 Å². The molecule has 0 radical (unpaired) electrons. The maximum Gasteiger partial charge on any atom is 0.248 e. The molecule has 0 saturated carbocycles. The Labute approximate surface area is 113 Å². The summed E-state index contributed by atoms with van der Waals surface area (Å²) in [6, 6.07) is 0.179. The van der Waals surface area contributed by atoms with Crippen molar-refractivity contribution in [2.24, 2.45) is 7.05 Å². The second kappa shape index (κ2) is 4.94. The van der Waals surface area contributed by atoms with Crippen LogP contribution in [0, 0.1) is 0 Å². The van der Waals surface area contributed by atoms with E-state index in [4.69, 9.17) is 4.74 Å². The SMILES string of the molecule is CN1C(=O)CO[C@@H]2CCN(Cc3cn(C)cn3)C[C@@H]21. The van der Waals surface area contributed by atoms with Gasteiger partial charge in [0.05, 0.1) is 24.2 Å². The van der Waals surface area contributed by atoms with Crippen LogP contribution in [0.2, 0.25) is 0 Å². The molecular weight excluding hydrogens is 244 g/mol. The van der Waals surface area contributed by atoms with Gasteiger partial charge in [-0.25, -0.2) is 4.98 Å². The molecule has 2 atom stereocenters. The quantitative estimate of drug-likeness (QED) is 0.745. The summed E-state index contributed by atoms with van der Waals surface area (Å²) >= 11 is 0. The smallest absolute Gasteiger partial charge is 0.248 e. The van der Waals surface area contributed by atoms with Crippen LogP contribution >= 0.6 is 0 Å². The van der Waals surface area contributed by atoms with Gasteiger partial charge in [0.1, 0.15) is 6.61 Å². The van der Waals surface area contributed by atoms with E-state index in [-0.39, 0.29) is 24.7 Å². The van der Waals surface area contributed by atoms with Crippen LogP contribution in [0.1, 0.15) is 12.1 Å². The zero-order valence-electron chi connectivity index (χ0n) is 11.5. The van der Waals surface area contributed by atoms with Gasteiger partial charge in [0.25, 0.3) is 0 Å². The second-order valence-electron chi connectivity index (χ2n) is 5.48. The van der Waals surface area contributed by atoms with Crippen molar-refractivity contribution in [3.63, 3.8) is 0 Å². The van der Waals surface area contributed by atoms with Gasteiger partial charge in [-0.1, -0.05) is 0 Å². The van der Waals surface area contributed by atoms with E-state index in [1.807, 2.05) is 36.1 Å². The molecule has 0 N–H and O–H groups in total. The molecule has 0 aliphatic carbocycles. The number of imidazole rings is 1. The van der Waals surface area contributed by atoms with Crippen molar-refractivity contribution < 1.29 is 9.53 Å². The molecule has 0 aromatic carbocycles. The summed E-state index contributed by atoms with van der Waals surface area (Å²) in [4.78, 5) is 20.2. The second-order valence-corrected chi connectivity index (χ2v) is 5.48. The molecule has 6 nitrogen and oxygen atoms in total. The summed E-state index contributed by atoms with van der Waals surface area (Å²) < 4.78 is 7.59. The summed E-state index contributed by atoms with van der Waals surface area (Å²) in [5.74, 6) is 0.0842. The van der Waals surface area contributed by atoms with Gasteiger partial charge in [-0.2, -0.15) is 0 Å². The number of piperidine rings is 1. The van der Waals surface area contributed by atoms with Gasteiger partial charge in [-0.3, -0.25) is 9.69 Å². The molecular formula is C13H20N4O2. The first-order valence-electron chi connectivity index (χ1n) is 6.70. The number of likely N-dealkylation sites (N-methyl/N-ethyl adjacent to an activating group) is 1. The standard InChI is InChI=1S/C13H20N4O2/c1-15-5-10(14-9-15)6-17-4-3-12-11(7-17)16(2)13(18)8-19-12/h5,9,11-12H,3-4,6-8H2,1-2H3/t11-,12+/m0/s1. The monoisotopic (exact) mass is 264 g/mol. The number of aromatic nitrogens is 2. The van der Waals surface area contributed by atoms with E-state index < -0.39 is 0 Å². The minimum Gasteiger partial charge on any atom is -0.366 e. The van der Waals surface area contributed by atoms with E-state index in [0.717, 1.165) is 31.7 Å². The van der Waals surface area contributed by atoms with E-state index in [1.165, 1.54) is 0 Å². The van der Waals surface area contributed by atoms with Crippen LogP contribution in [0.3, 0.4) is 0 Å². The molecule has 19 heavy (non-hydrogen) atoms. The summed E-state index contributed by atoms with van der Waals surface area (Å²) in [6.07, 6.45) is 5.04. The third kappa shape index (κ3) is 2.50. The first-order chi connectivity index (χ1) is 9.13. The molecule has 0 spiro atoms.